The summed E-state index contributed by atoms with van der Waals surface area (Å²) in [5.74, 6) is 0.397. The lowest BCUT2D eigenvalue weighted by atomic mass is 10.0. The second kappa shape index (κ2) is 12.2. The Morgan fingerprint density at radius 1 is 1.02 bits per heavy atom. The number of hydrogen-bond acceptors (Lipinski definition) is 8. The summed E-state index contributed by atoms with van der Waals surface area (Å²) >= 11 is 0. The maximum absolute atomic E-state index is 12.6. The maximum Gasteiger partial charge on any atom is 0.414 e. The van der Waals surface area contributed by atoms with Gasteiger partial charge in [0.2, 0.25) is 11.8 Å². The molecule has 1 fully saturated rings. The number of carbonyl (C=O) groups excluding carboxylic acids is 1. The molecule has 1 aliphatic rings. The Bertz CT molecular complexity index is 1320. The molecular formula is C31H55N5O5Si2. The first-order valence-corrected chi connectivity index (χ1v) is 21.2. The quantitative estimate of drug-likeness (QED) is 0.218. The van der Waals surface area contributed by atoms with Crippen LogP contribution in [0.1, 0.15) is 81.7 Å². The van der Waals surface area contributed by atoms with Crippen LogP contribution in [0.5, 0.6) is 5.88 Å². The van der Waals surface area contributed by atoms with Gasteiger partial charge in [-0.1, -0.05) is 48.1 Å². The van der Waals surface area contributed by atoms with E-state index in [0.29, 0.717) is 36.7 Å². The number of aromatic nitrogens is 4. The minimum absolute atomic E-state index is 0.0123. The number of hydrogen-bond donors (Lipinski definition) is 1. The third kappa shape index (κ3) is 8.06. The number of nitrogens with zero attached hydrogens (tertiary/aromatic N) is 4. The largest absolute Gasteiger partial charge is 0.476 e. The van der Waals surface area contributed by atoms with Crippen LogP contribution < -0.4 is 10.1 Å². The lowest BCUT2D eigenvalue weighted by molar-refractivity contribution is 0.0634. The topological polar surface area (TPSA) is 110 Å². The van der Waals surface area contributed by atoms with Gasteiger partial charge in [-0.2, -0.15) is 9.97 Å². The molecule has 2 aromatic heterocycles. The fourth-order valence-corrected chi connectivity index (χ4v) is 6.94. The Morgan fingerprint density at radius 2 is 1.63 bits per heavy atom. The molecule has 12 heteroatoms. The number of carbonyl (C=O) groups is 1. The SMILES string of the molecule is C=C1[C@H](CO[Si](C)(C)C(C)(C)C)[C@@H](O[Si](C)(C)C(C)(C)C)C[C@@H]1n1cnc2c(OCC)nc(NC(=O)OC(C)(C)C)nc21. The molecule has 0 radical (unpaired) electrons. The molecule has 1 N–H and O–H groups in total. The Balaban J connectivity index is 2.04. The van der Waals surface area contributed by atoms with Crippen LogP contribution in [0, 0.1) is 5.92 Å². The van der Waals surface area contributed by atoms with E-state index in [9.17, 15) is 4.79 Å². The minimum atomic E-state index is -2.10. The lowest BCUT2D eigenvalue weighted by Gasteiger charge is -2.41. The zero-order valence-corrected chi connectivity index (χ0v) is 31.0. The third-order valence-electron chi connectivity index (χ3n) is 9.11. The fraction of sp³-hybridized carbons (Fsp3) is 0.742. The molecule has 0 aliphatic heterocycles. The highest BCUT2D eigenvalue weighted by Gasteiger charge is 2.47. The summed E-state index contributed by atoms with van der Waals surface area (Å²) in [5, 5.41) is 2.81. The minimum Gasteiger partial charge on any atom is -0.476 e. The highest BCUT2D eigenvalue weighted by Crippen LogP contribution is 2.47. The lowest BCUT2D eigenvalue weighted by Crippen LogP contribution is -2.47. The van der Waals surface area contributed by atoms with E-state index in [-0.39, 0.29) is 34.1 Å². The predicted molar refractivity (Wildman–Crippen MR) is 178 cm³/mol. The summed E-state index contributed by atoms with van der Waals surface area (Å²) < 4.78 is 27.1. The van der Waals surface area contributed by atoms with Crippen molar-refractivity contribution in [3.8, 4) is 5.88 Å². The van der Waals surface area contributed by atoms with E-state index in [4.69, 9.17) is 23.3 Å². The van der Waals surface area contributed by atoms with Crippen LogP contribution in [-0.2, 0) is 13.6 Å². The molecular weight excluding hydrogens is 579 g/mol. The number of fused-ring (bicyclic) bond motifs is 1. The number of amides is 1. The number of ether oxygens (including phenoxy) is 2. The number of nitrogens with one attached hydrogen (secondary N) is 1. The highest BCUT2D eigenvalue weighted by molar-refractivity contribution is 6.74. The van der Waals surface area contributed by atoms with E-state index in [1.54, 1.807) is 27.1 Å². The molecule has 10 nitrogen and oxygen atoms in total. The smallest absolute Gasteiger partial charge is 0.414 e. The summed E-state index contributed by atoms with van der Waals surface area (Å²) in [5.41, 5.74) is 1.43. The predicted octanol–water partition coefficient (Wildman–Crippen LogP) is 8.10. The van der Waals surface area contributed by atoms with E-state index < -0.39 is 28.3 Å². The van der Waals surface area contributed by atoms with Gasteiger partial charge >= 0.3 is 6.09 Å². The third-order valence-corrected chi connectivity index (χ3v) is 18.1. The molecule has 2 aromatic rings. The molecule has 1 amide bonds. The summed E-state index contributed by atoms with van der Waals surface area (Å²) in [4.78, 5) is 26.4. The van der Waals surface area contributed by atoms with Crippen LogP contribution in [0.4, 0.5) is 10.7 Å². The second-order valence-electron chi connectivity index (χ2n) is 15.7. The van der Waals surface area contributed by atoms with E-state index in [0.717, 1.165) is 5.57 Å². The molecule has 0 bridgehead atoms. The van der Waals surface area contributed by atoms with Crippen molar-refractivity contribution in [3.63, 3.8) is 0 Å². The van der Waals surface area contributed by atoms with Gasteiger partial charge in [-0.3, -0.25) is 5.32 Å². The van der Waals surface area contributed by atoms with Crippen LogP contribution in [-0.4, -0.2) is 67.2 Å². The summed E-state index contributed by atoms with van der Waals surface area (Å²) in [7, 11) is -4.11. The first-order chi connectivity index (χ1) is 19.5. The Hall–Kier alpha value is -2.29. The molecule has 0 spiro atoms. The van der Waals surface area contributed by atoms with Gasteiger partial charge in [0, 0.05) is 12.5 Å². The van der Waals surface area contributed by atoms with Crippen molar-refractivity contribution in [2.24, 2.45) is 5.92 Å². The van der Waals surface area contributed by atoms with Crippen molar-refractivity contribution in [2.75, 3.05) is 18.5 Å². The molecule has 43 heavy (non-hydrogen) atoms. The standard InChI is InChI=1S/C31H55N5O5Si2/c1-16-38-26-24-25(33-27(34-26)35-28(37)40-29(3,4)5)36(19-32-24)22-17-23(41-43(14,15)31(9,10)11)21(20(22)2)18-39-42(12,13)30(6,7)8/h19,21-23H,2,16-18H2,1,3-15H3,(H,33,34,35,37)/t21-,22-,23-/m0/s1. The normalized spacial score (nSPS) is 20.5. The van der Waals surface area contributed by atoms with Gasteiger partial charge in [-0.15, -0.1) is 0 Å². The number of anilines is 1. The molecule has 0 aromatic carbocycles. The van der Waals surface area contributed by atoms with Crippen LogP contribution in [0.25, 0.3) is 11.2 Å². The molecule has 0 unspecified atom stereocenters. The van der Waals surface area contributed by atoms with Gasteiger partial charge in [0.15, 0.2) is 27.8 Å². The highest BCUT2D eigenvalue weighted by atomic mass is 28.4. The van der Waals surface area contributed by atoms with E-state index >= 15 is 0 Å². The zero-order valence-electron chi connectivity index (χ0n) is 29.0. The van der Waals surface area contributed by atoms with Crippen molar-refractivity contribution >= 4 is 39.8 Å². The first-order valence-electron chi connectivity index (χ1n) is 15.4. The van der Waals surface area contributed by atoms with Crippen LogP contribution in [0.15, 0.2) is 18.5 Å². The first kappa shape index (κ1) is 35.2. The fourth-order valence-electron chi connectivity index (χ4n) is 4.54. The number of imidazole rings is 1. The van der Waals surface area contributed by atoms with E-state index in [2.05, 4.69) is 89.6 Å². The van der Waals surface area contributed by atoms with Gasteiger partial charge < -0.3 is 22.9 Å². The molecule has 0 saturated heterocycles. The van der Waals surface area contributed by atoms with Gasteiger partial charge in [-0.05, 0) is 76.0 Å². The van der Waals surface area contributed by atoms with E-state index in [1.807, 2.05) is 11.5 Å². The maximum atomic E-state index is 12.6. The summed E-state index contributed by atoms with van der Waals surface area (Å²) in [6.45, 7) is 35.5. The molecule has 1 aliphatic carbocycles. The Labute approximate surface area is 260 Å². The average Bonchev–Trinajstić information content (AvgIpc) is 3.35. The monoisotopic (exact) mass is 633 g/mol. The molecule has 2 heterocycles. The van der Waals surface area contributed by atoms with Gasteiger partial charge in [0.05, 0.1) is 25.1 Å². The average molecular weight is 634 g/mol. The second-order valence-corrected chi connectivity index (χ2v) is 25.2. The Morgan fingerprint density at radius 3 is 2.16 bits per heavy atom. The van der Waals surface area contributed by atoms with Crippen molar-refractivity contribution in [2.45, 2.75) is 130 Å². The van der Waals surface area contributed by atoms with Gasteiger partial charge in [0.25, 0.3) is 0 Å². The molecule has 3 atom stereocenters. The summed E-state index contributed by atoms with van der Waals surface area (Å²) in [6.07, 6.45) is 1.77. The number of rotatable bonds is 9. The van der Waals surface area contributed by atoms with Crippen LogP contribution in [0.3, 0.4) is 0 Å². The molecule has 3 rings (SSSR count). The Kier molecular flexibility index (Phi) is 10.0. The van der Waals surface area contributed by atoms with Crippen molar-refractivity contribution in [3.05, 3.63) is 18.5 Å². The summed E-state index contributed by atoms with van der Waals surface area (Å²) in [6, 6.07) is -0.133. The molecule has 1 saturated carbocycles. The zero-order chi connectivity index (χ0) is 32.8. The van der Waals surface area contributed by atoms with Gasteiger partial charge in [-0.25, -0.2) is 9.78 Å². The van der Waals surface area contributed by atoms with Crippen molar-refractivity contribution < 1.29 is 23.1 Å². The van der Waals surface area contributed by atoms with Crippen molar-refractivity contribution in [1.29, 1.82) is 0 Å². The van der Waals surface area contributed by atoms with Crippen LogP contribution in [0.2, 0.25) is 36.3 Å². The van der Waals surface area contributed by atoms with E-state index in [1.165, 1.54) is 0 Å². The molecule has 242 valence electrons. The van der Waals surface area contributed by atoms with Crippen molar-refractivity contribution in [1.82, 2.24) is 19.5 Å². The van der Waals surface area contributed by atoms with Gasteiger partial charge in [0.1, 0.15) is 5.60 Å². The van der Waals surface area contributed by atoms with Crippen LogP contribution >= 0.6 is 0 Å².